The van der Waals surface area contributed by atoms with Crippen LogP contribution in [-0.2, 0) is 19.1 Å². The molecule has 0 bridgehead atoms. The van der Waals surface area contributed by atoms with Crippen LogP contribution in [0.3, 0.4) is 0 Å². The molecule has 0 heterocycles. The van der Waals surface area contributed by atoms with Crippen molar-refractivity contribution >= 4 is 11.9 Å². The van der Waals surface area contributed by atoms with Crippen molar-refractivity contribution in [1.29, 1.82) is 0 Å². The molecule has 0 aliphatic heterocycles. The highest BCUT2D eigenvalue weighted by atomic mass is 16.5. The van der Waals surface area contributed by atoms with Gasteiger partial charge in [-0.3, -0.25) is 9.59 Å². The molecule has 0 spiro atoms. The molecule has 0 aromatic heterocycles. The number of carbonyl (C=O) groups excluding carboxylic acids is 2. The summed E-state index contributed by atoms with van der Waals surface area (Å²) < 4.78 is 9.67. The second kappa shape index (κ2) is 7.26. The Morgan fingerprint density at radius 2 is 1.93 bits per heavy atom. The molecule has 0 aromatic rings. The molecule has 2 atom stereocenters. The molecule has 0 rings (SSSR count). The summed E-state index contributed by atoms with van der Waals surface area (Å²) in [6.07, 6.45) is 1.96. The third kappa shape index (κ3) is 6.10. The van der Waals surface area contributed by atoms with E-state index in [1.54, 1.807) is 6.92 Å². The normalized spacial score (nSPS) is 14.1. The van der Waals surface area contributed by atoms with E-state index in [1.165, 1.54) is 14.0 Å². The number of esters is 2. The molecule has 88 valence electrons. The Hall–Kier alpha value is -1.06. The first kappa shape index (κ1) is 13.9. The first-order valence-electron chi connectivity index (χ1n) is 5.26. The van der Waals surface area contributed by atoms with E-state index >= 15 is 0 Å². The summed E-state index contributed by atoms with van der Waals surface area (Å²) in [5.41, 5.74) is 0. The molecule has 0 aliphatic carbocycles. The summed E-state index contributed by atoms with van der Waals surface area (Å²) in [7, 11) is 1.38. The fourth-order valence-electron chi connectivity index (χ4n) is 1.58. The molecule has 0 saturated carbocycles. The zero-order valence-electron chi connectivity index (χ0n) is 9.91. The van der Waals surface area contributed by atoms with Gasteiger partial charge in [0.05, 0.1) is 19.1 Å². The van der Waals surface area contributed by atoms with Gasteiger partial charge in [0.15, 0.2) is 0 Å². The fraction of sp³-hybridized carbons (Fsp3) is 0.818. The minimum absolute atomic E-state index is 0.172. The molecule has 0 unspecified atom stereocenters. The van der Waals surface area contributed by atoms with E-state index in [1.807, 2.05) is 6.92 Å². The number of carbonyl (C=O) groups is 2. The van der Waals surface area contributed by atoms with Gasteiger partial charge in [0, 0.05) is 6.92 Å². The highest BCUT2D eigenvalue weighted by molar-refractivity contribution is 5.72. The molecule has 4 nitrogen and oxygen atoms in total. The molecule has 0 fully saturated rings. The predicted molar refractivity (Wildman–Crippen MR) is 56.3 cm³/mol. The van der Waals surface area contributed by atoms with E-state index in [2.05, 4.69) is 0 Å². The second-order valence-electron chi connectivity index (χ2n) is 3.66. The Bertz CT molecular complexity index is 213. The maximum Gasteiger partial charge on any atom is 0.308 e. The largest absolute Gasteiger partial charge is 0.469 e. The Morgan fingerprint density at radius 3 is 2.33 bits per heavy atom. The van der Waals surface area contributed by atoms with Crippen molar-refractivity contribution in [3.63, 3.8) is 0 Å². The number of hydrogen-bond donors (Lipinski definition) is 0. The summed E-state index contributed by atoms with van der Waals surface area (Å²) in [5, 5.41) is 0. The minimum atomic E-state index is -0.317. The smallest absolute Gasteiger partial charge is 0.308 e. The fourth-order valence-corrected chi connectivity index (χ4v) is 1.58. The molecular formula is C11H20O4. The van der Waals surface area contributed by atoms with Crippen LogP contribution in [0, 0.1) is 5.92 Å². The minimum Gasteiger partial charge on any atom is -0.469 e. The number of ether oxygens (including phenoxy) is 2. The van der Waals surface area contributed by atoms with Crippen LogP contribution in [0.5, 0.6) is 0 Å². The van der Waals surface area contributed by atoms with Crippen LogP contribution in [0.4, 0.5) is 0 Å². The summed E-state index contributed by atoms with van der Waals surface area (Å²) in [4.78, 5) is 22.1. The van der Waals surface area contributed by atoms with E-state index < -0.39 is 0 Å². The first-order chi connectivity index (χ1) is 7.01. The van der Waals surface area contributed by atoms with Gasteiger partial charge in [-0.2, -0.15) is 0 Å². The first-order valence-corrected chi connectivity index (χ1v) is 5.26. The SMILES string of the molecule is CCC[C@@H](C[C@@H](C)OC(C)=O)C(=O)OC. The van der Waals surface area contributed by atoms with Gasteiger partial charge in [0.25, 0.3) is 0 Å². The number of methoxy groups -OCH3 is 1. The highest BCUT2D eigenvalue weighted by Crippen LogP contribution is 2.17. The van der Waals surface area contributed by atoms with Gasteiger partial charge in [-0.05, 0) is 19.8 Å². The lowest BCUT2D eigenvalue weighted by molar-refractivity contribution is -0.152. The lowest BCUT2D eigenvalue weighted by Gasteiger charge is -2.18. The lowest BCUT2D eigenvalue weighted by atomic mass is 9.97. The van der Waals surface area contributed by atoms with Crippen molar-refractivity contribution in [2.75, 3.05) is 7.11 Å². The molecule has 0 amide bonds. The van der Waals surface area contributed by atoms with Gasteiger partial charge < -0.3 is 9.47 Å². The van der Waals surface area contributed by atoms with Gasteiger partial charge in [-0.1, -0.05) is 13.3 Å². The summed E-state index contributed by atoms with van der Waals surface area (Å²) in [6.45, 7) is 5.16. The molecule has 0 N–H and O–H groups in total. The van der Waals surface area contributed by atoms with Crippen molar-refractivity contribution in [3.05, 3.63) is 0 Å². The zero-order valence-corrected chi connectivity index (χ0v) is 9.91. The Kier molecular flexibility index (Phi) is 6.75. The monoisotopic (exact) mass is 216 g/mol. The molecule has 4 heteroatoms. The maximum atomic E-state index is 11.4. The van der Waals surface area contributed by atoms with Gasteiger partial charge in [0.2, 0.25) is 0 Å². The van der Waals surface area contributed by atoms with E-state index in [9.17, 15) is 9.59 Å². The van der Waals surface area contributed by atoms with Crippen molar-refractivity contribution < 1.29 is 19.1 Å². The van der Waals surface area contributed by atoms with Crippen LogP contribution in [0.25, 0.3) is 0 Å². The standard InChI is InChI=1S/C11H20O4/c1-5-6-10(11(13)14-4)7-8(2)15-9(3)12/h8,10H,5-7H2,1-4H3/t8-,10+/m1/s1. The molecule has 0 aliphatic rings. The number of rotatable bonds is 6. The molecule has 0 aromatic carbocycles. The summed E-state index contributed by atoms with van der Waals surface area (Å²) in [6, 6.07) is 0. The van der Waals surface area contributed by atoms with Crippen LogP contribution in [0.1, 0.15) is 40.0 Å². The Labute approximate surface area is 90.9 Å². The molecular weight excluding hydrogens is 196 g/mol. The van der Waals surface area contributed by atoms with Crippen molar-refractivity contribution in [2.24, 2.45) is 5.92 Å². The maximum absolute atomic E-state index is 11.4. The van der Waals surface area contributed by atoms with E-state index in [-0.39, 0.29) is 24.0 Å². The van der Waals surface area contributed by atoms with Crippen LogP contribution in [0.2, 0.25) is 0 Å². The van der Waals surface area contributed by atoms with E-state index in [4.69, 9.17) is 9.47 Å². The topological polar surface area (TPSA) is 52.6 Å². The van der Waals surface area contributed by atoms with Crippen molar-refractivity contribution in [2.45, 2.75) is 46.1 Å². The predicted octanol–water partition coefficient (Wildman–Crippen LogP) is 1.92. The van der Waals surface area contributed by atoms with Crippen molar-refractivity contribution in [1.82, 2.24) is 0 Å². The van der Waals surface area contributed by atoms with E-state index in [0.29, 0.717) is 6.42 Å². The Balaban J connectivity index is 4.14. The van der Waals surface area contributed by atoms with Gasteiger partial charge >= 0.3 is 11.9 Å². The Morgan fingerprint density at radius 1 is 1.33 bits per heavy atom. The average molecular weight is 216 g/mol. The number of hydrogen-bond acceptors (Lipinski definition) is 4. The van der Waals surface area contributed by atoms with Gasteiger partial charge in [-0.25, -0.2) is 0 Å². The quantitative estimate of drug-likeness (QED) is 0.636. The average Bonchev–Trinajstić information content (AvgIpc) is 2.14. The third-order valence-electron chi connectivity index (χ3n) is 2.16. The summed E-state index contributed by atoms with van der Waals surface area (Å²) in [5.74, 6) is -0.715. The highest BCUT2D eigenvalue weighted by Gasteiger charge is 2.22. The van der Waals surface area contributed by atoms with Crippen LogP contribution in [0.15, 0.2) is 0 Å². The zero-order chi connectivity index (χ0) is 11.8. The van der Waals surface area contributed by atoms with Crippen molar-refractivity contribution in [3.8, 4) is 0 Å². The second-order valence-corrected chi connectivity index (χ2v) is 3.66. The van der Waals surface area contributed by atoms with Crippen LogP contribution in [-0.4, -0.2) is 25.2 Å². The summed E-state index contributed by atoms with van der Waals surface area (Å²) >= 11 is 0. The lowest BCUT2D eigenvalue weighted by Crippen LogP contribution is -2.23. The third-order valence-corrected chi connectivity index (χ3v) is 2.16. The van der Waals surface area contributed by atoms with Gasteiger partial charge in [0.1, 0.15) is 0 Å². The van der Waals surface area contributed by atoms with E-state index in [0.717, 1.165) is 12.8 Å². The molecule has 0 saturated heterocycles. The molecule has 0 radical (unpaired) electrons. The van der Waals surface area contributed by atoms with Gasteiger partial charge in [-0.15, -0.1) is 0 Å². The van der Waals surface area contributed by atoms with Crippen LogP contribution >= 0.6 is 0 Å². The van der Waals surface area contributed by atoms with Crippen LogP contribution < -0.4 is 0 Å². The molecule has 15 heavy (non-hydrogen) atoms.